The first-order valence-electron chi connectivity index (χ1n) is 8.73. The fourth-order valence-corrected chi connectivity index (χ4v) is 2.95. The Kier molecular flexibility index (Phi) is 12.7. The molecule has 0 fully saturated rings. The summed E-state index contributed by atoms with van der Waals surface area (Å²) in [4.78, 5) is 4.52. The lowest BCUT2D eigenvalue weighted by Crippen LogP contribution is -2.43. The average Bonchev–Trinajstić information content (AvgIpc) is 2.54. The highest BCUT2D eigenvalue weighted by atomic mass is 127. The van der Waals surface area contributed by atoms with Crippen molar-refractivity contribution in [2.75, 3.05) is 31.7 Å². The molecule has 1 unspecified atom stereocenters. The summed E-state index contributed by atoms with van der Waals surface area (Å²) < 4.78 is 28.2. The van der Waals surface area contributed by atoms with Gasteiger partial charge >= 0.3 is 0 Å². The molecule has 26 heavy (non-hydrogen) atoms. The van der Waals surface area contributed by atoms with Gasteiger partial charge in [-0.05, 0) is 38.8 Å². The van der Waals surface area contributed by atoms with Gasteiger partial charge in [-0.25, -0.2) is 8.42 Å². The number of nitrogens with one attached hydrogen (secondary N) is 2. The maximum absolute atomic E-state index is 11.2. The van der Waals surface area contributed by atoms with Gasteiger partial charge < -0.3 is 15.4 Å². The molecule has 6 nitrogen and oxygen atoms in total. The lowest BCUT2D eigenvalue weighted by Gasteiger charge is -2.17. The normalized spacial score (nSPS) is 12.8. The van der Waals surface area contributed by atoms with E-state index in [1.807, 2.05) is 45.0 Å². The number of aryl methyl sites for hydroxylation is 1. The van der Waals surface area contributed by atoms with Crippen molar-refractivity contribution in [3.8, 4) is 5.75 Å². The van der Waals surface area contributed by atoms with E-state index < -0.39 is 9.84 Å². The van der Waals surface area contributed by atoms with Crippen LogP contribution in [0.15, 0.2) is 29.3 Å². The molecule has 1 aromatic rings. The van der Waals surface area contributed by atoms with E-state index in [9.17, 15) is 8.42 Å². The summed E-state index contributed by atoms with van der Waals surface area (Å²) in [5.74, 6) is 1.79. The zero-order chi connectivity index (χ0) is 18.7. The molecule has 0 saturated carbocycles. The van der Waals surface area contributed by atoms with E-state index in [0.717, 1.165) is 24.3 Å². The van der Waals surface area contributed by atoms with Crippen LogP contribution in [0.4, 0.5) is 0 Å². The average molecular weight is 497 g/mol. The summed E-state index contributed by atoms with van der Waals surface area (Å²) in [5.41, 5.74) is 1.13. The van der Waals surface area contributed by atoms with Crippen LogP contribution >= 0.6 is 24.0 Å². The highest BCUT2D eigenvalue weighted by Crippen LogP contribution is 2.16. The van der Waals surface area contributed by atoms with Crippen molar-refractivity contribution in [3.63, 3.8) is 0 Å². The van der Waals surface area contributed by atoms with Gasteiger partial charge in [0.15, 0.2) is 5.96 Å². The molecular weight excluding hydrogens is 465 g/mol. The number of aliphatic imine (C=N–C) groups is 1. The molecule has 0 radical (unpaired) electrons. The summed E-state index contributed by atoms with van der Waals surface area (Å²) in [6.07, 6.45) is 2.62. The number of guanidine groups is 1. The first-order valence-corrected chi connectivity index (χ1v) is 10.8. The number of sulfone groups is 1. The molecule has 8 heteroatoms. The van der Waals surface area contributed by atoms with Gasteiger partial charge in [0.05, 0.1) is 12.4 Å². The molecule has 1 rings (SSSR count). The van der Waals surface area contributed by atoms with Crippen molar-refractivity contribution in [1.82, 2.24) is 10.6 Å². The van der Waals surface area contributed by atoms with Crippen molar-refractivity contribution in [2.45, 2.75) is 39.7 Å². The van der Waals surface area contributed by atoms with Crippen molar-refractivity contribution in [2.24, 2.45) is 4.99 Å². The van der Waals surface area contributed by atoms with E-state index in [1.54, 1.807) is 0 Å². The lowest BCUT2D eigenvalue weighted by molar-refractivity contribution is 0.311. The van der Waals surface area contributed by atoms with Crippen LogP contribution in [0.25, 0.3) is 0 Å². The molecule has 0 spiro atoms. The number of nitrogens with zero attached hydrogens (tertiary/aromatic N) is 1. The number of rotatable bonds is 10. The number of benzene rings is 1. The first kappa shape index (κ1) is 25.0. The van der Waals surface area contributed by atoms with Gasteiger partial charge in [-0.3, -0.25) is 4.99 Å². The maximum Gasteiger partial charge on any atom is 0.191 e. The Morgan fingerprint density at radius 3 is 2.62 bits per heavy atom. The highest BCUT2D eigenvalue weighted by Gasteiger charge is 2.09. The smallest absolute Gasteiger partial charge is 0.191 e. The minimum absolute atomic E-state index is 0. The molecule has 0 heterocycles. The number of para-hydroxylation sites is 1. The van der Waals surface area contributed by atoms with Gasteiger partial charge in [0, 0.05) is 31.8 Å². The minimum atomic E-state index is -2.94. The Morgan fingerprint density at radius 2 is 2.00 bits per heavy atom. The fourth-order valence-electron chi connectivity index (χ4n) is 2.17. The SMILES string of the molecule is CCNC(=NCCCOc1ccccc1C)NC(C)CCS(C)(=O)=O.I. The van der Waals surface area contributed by atoms with Crippen LogP contribution in [-0.4, -0.2) is 52.1 Å². The molecule has 1 atom stereocenters. The molecule has 0 aliphatic carbocycles. The predicted octanol–water partition coefficient (Wildman–Crippen LogP) is 2.76. The predicted molar refractivity (Wildman–Crippen MR) is 120 cm³/mol. The van der Waals surface area contributed by atoms with Gasteiger partial charge in [0.2, 0.25) is 0 Å². The van der Waals surface area contributed by atoms with Crippen LogP contribution in [-0.2, 0) is 9.84 Å². The molecule has 0 bridgehead atoms. The summed E-state index contributed by atoms with van der Waals surface area (Å²) >= 11 is 0. The quantitative estimate of drug-likeness (QED) is 0.225. The third kappa shape index (κ3) is 11.6. The summed E-state index contributed by atoms with van der Waals surface area (Å²) in [6, 6.07) is 7.99. The van der Waals surface area contributed by atoms with Crippen LogP contribution in [0, 0.1) is 6.92 Å². The van der Waals surface area contributed by atoms with Gasteiger partial charge in [0.25, 0.3) is 0 Å². The van der Waals surface area contributed by atoms with Crippen molar-refractivity contribution < 1.29 is 13.2 Å². The summed E-state index contributed by atoms with van der Waals surface area (Å²) in [5, 5.41) is 6.42. The van der Waals surface area contributed by atoms with Crippen LogP contribution in [0.2, 0.25) is 0 Å². The van der Waals surface area contributed by atoms with Crippen molar-refractivity contribution in [1.29, 1.82) is 0 Å². The van der Waals surface area contributed by atoms with Gasteiger partial charge in [0.1, 0.15) is 15.6 Å². The second-order valence-corrected chi connectivity index (χ2v) is 8.45. The molecule has 0 saturated heterocycles. The number of halogens is 1. The first-order chi connectivity index (χ1) is 11.8. The third-order valence-electron chi connectivity index (χ3n) is 3.57. The molecule has 0 amide bonds. The fraction of sp³-hybridized carbons (Fsp3) is 0.611. The molecule has 1 aromatic carbocycles. The molecule has 150 valence electrons. The monoisotopic (exact) mass is 497 g/mol. The Balaban J connectivity index is 0.00000625. The zero-order valence-electron chi connectivity index (χ0n) is 16.1. The lowest BCUT2D eigenvalue weighted by atomic mass is 10.2. The van der Waals surface area contributed by atoms with E-state index in [2.05, 4.69) is 15.6 Å². The van der Waals surface area contributed by atoms with Crippen LogP contribution < -0.4 is 15.4 Å². The molecule has 0 aliphatic rings. The van der Waals surface area contributed by atoms with E-state index in [4.69, 9.17) is 4.74 Å². The topological polar surface area (TPSA) is 79.8 Å². The van der Waals surface area contributed by atoms with Crippen molar-refractivity contribution >= 4 is 39.8 Å². The summed E-state index contributed by atoms with van der Waals surface area (Å²) in [7, 11) is -2.94. The molecule has 2 N–H and O–H groups in total. The van der Waals surface area contributed by atoms with Gasteiger partial charge in [-0.2, -0.15) is 0 Å². The minimum Gasteiger partial charge on any atom is -0.493 e. The van der Waals surface area contributed by atoms with E-state index in [-0.39, 0.29) is 35.8 Å². The Labute approximate surface area is 175 Å². The number of hydrogen-bond acceptors (Lipinski definition) is 4. The summed E-state index contributed by atoms with van der Waals surface area (Å²) in [6.45, 7) is 7.99. The second kappa shape index (κ2) is 13.2. The second-order valence-electron chi connectivity index (χ2n) is 6.19. The Morgan fingerprint density at radius 1 is 1.31 bits per heavy atom. The van der Waals surface area contributed by atoms with Crippen molar-refractivity contribution in [3.05, 3.63) is 29.8 Å². The Hall–Kier alpha value is -1.03. The van der Waals surface area contributed by atoms with Crippen LogP contribution in [0.3, 0.4) is 0 Å². The Bertz CT molecular complexity index is 651. The largest absolute Gasteiger partial charge is 0.493 e. The van der Waals surface area contributed by atoms with Gasteiger partial charge in [-0.1, -0.05) is 18.2 Å². The third-order valence-corrected chi connectivity index (χ3v) is 4.55. The zero-order valence-corrected chi connectivity index (χ0v) is 19.3. The molecule has 0 aromatic heterocycles. The number of ether oxygens (including phenoxy) is 1. The van der Waals surface area contributed by atoms with E-state index in [1.165, 1.54) is 6.26 Å². The van der Waals surface area contributed by atoms with E-state index >= 15 is 0 Å². The molecular formula is C18H32IN3O3S. The van der Waals surface area contributed by atoms with E-state index in [0.29, 0.717) is 25.5 Å². The molecule has 0 aliphatic heterocycles. The number of hydrogen-bond donors (Lipinski definition) is 2. The standard InChI is InChI=1S/C18H31N3O3S.HI/c1-5-19-18(21-16(3)11-14-25(4,22)23)20-12-8-13-24-17-10-7-6-9-15(17)2;/h6-7,9-10,16H,5,8,11-14H2,1-4H3,(H2,19,20,21);1H. The van der Waals surface area contributed by atoms with Gasteiger partial charge in [-0.15, -0.1) is 24.0 Å². The van der Waals surface area contributed by atoms with Crippen LogP contribution in [0.1, 0.15) is 32.3 Å². The maximum atomic E-state index is 11.2. The van der Waals surface area contributed by atoms with Crippen LogP contribution in [0.5, 0.6) is 5.75 Å². The highest BCUT2D eigenvalue weighted by molar-refractivity contribution is 14.0.